The highest BCUT2D eigenvalue weighted by Crippen LogP contribution is 2.45. The van der Waals surface area contributed by atoms with Gasteiger partial charge in [0.2, 0.25) is 11.5 Å². The Bertz CT molecular complexity index is 1160. The number of pyridine rings is 1. The minimum Gasteiger partial charge on any atom is -0.486 e. The van der Waals surface area contributed by atoms with Crippen LogP contribution in [-0.2, 0) is 0 Å². The lowest BCUT2D eigenvalue weighted by Gasteiger charge is -2.45. The standard InChI is InChI=1S/C23H30N8O2/c1-29-12-13-33-19-18(29)21(30-10-6-23(7-11-30)5-3-8-24-15-23)28-31-20(26-27-22(19)31)16-4-9-25-17(14-16)32-2/h4,9,14,24H,3,5-8,10-13,15H2,1-2H3. The van der Waals surface area contributed by atoms with Gasteiger partial charge < -0.3 is 24.6 Å². The predicted octanol–water partition coefficient (Wildman–Crippen LogP) is 1.99. The van der Waals surface area contributed by atoms with Crippen LogP contribution in [0, 0.1) is 5.41 Å². The molecule has 1 spiro atoms. The van der Waals surface area contributed by atoms with Gasteiger partial charge >= 0.3 is 0 Å². The van der Waals surface area contributed by atoms with Crippen LogP contribution in [0.4, 0.5) is 11.5 Å². The predicted molar refractivity (Wildman–Crippen MR) is 125 cm³/mol. The zero-order chi connectivity index (χ0) is 22.4. The monoisotopic (exact) mass is 450 g/mol. The summed E-state index contributed by atoms with van der Waals surface area (Å²) in [6.45, 7) is 5.69. The highest BCUT2D eigenvalue weighted by atomic mass is 16.5. The van der Waals surface area contributed by atoms with Crippen molar-refractivity contribution in [3.8, 4) is 23.0 Å². The molecule has 6 heterocycles. The summed E-state index contributed by atoms with van der Waals surface area (Å²) in [5.41, 5.74) is 2.92. The molecule has 6 rings (SSSR count). The minimum atomic E-state index is 0.427. The largest absolute Gasteiger partial charge is 0.486 e. The SMILES string of the molecule is COc1cc(-c2nnc3c4c(c(N5CCC6(CCCNC6)CC5)nn23)N(C)CCO4)ccn1. The van der Waals surface area contributed by atoms with Crippen LogP contribution in [0.5, 0.6) is 11.6 Å². The summed E-state index contributed by atoms with van der Waals surface area (Å²) < 4.78 is 13.3. The molecule has 2 saturated heterocycles. The van der Waals surface area contributed by atoms with Gasteiger partial charge in [-0.05, 0) is 43.7 Å². The molecule has 0 aromatic carbocycles. The number of nitrogens with zero attached hydrogens (tertiary/aromatic N) is 7. The second-order valence-corrected chi connectivity index (χ2v) is 9.38. The molecule has 0 unspecified atom stereocenters. The zero-order valence-corrected chi connectivity index (χ0v) is 19.3. The van der Waals surface area contributed by atoms with Gasteiger partial charge in [0.15, 0.2) is 17.4 Å². The number of piperidine rings is 2. The maximum Gasteiger partial charge on any atom is 0.222 e. The second-order valence-electron chi connectivity index (χ2n) is 9.38. The molecule has 0 radical (unpaired) electrons. The summed E-state index contributed by atoms with van der Waals surface area (Å²) in [6.07, 6.45) is 6.66. The number of aromatic nitrogens is 5. The Balaban J connectivity index is 1.43. The maximum absolute atomic E-state index is 6.16. The molecule has 10 nitrogen and oxygen atoms in total. The molecule has 3 aliphatic rings. The van der Waals surface area contributed by atoms with Gasteiger partial charge in [-0.25, -0.2) is 4.98 Å². The van der Waals surface area contributed by atoms with E-state index in [1.54, 1.807) is 13.3 Å². The molecule has 33 heavy (non-hydrogen) atoms. The van der Waals surface area contributed by atoms with Gasteiger partial charge in [0, 0.05) is 44.5 Å². The Kier molecular flexibility index (Phi) is 4.97. The average molecular weight is 451 g/mol. The van der Waals surface area contributed by atoms with Gasteiger partial charge in [-0.1, -0.05) is 0 Å². The molecule has 3 aromatic rings. The molecule has 0 atom stereocenters. The number of fused-ring (bicyclic) bond motifs is 3. The topological polar surface area (TPSA) is 92.9 Å². The lowest BCUT2D eigenvalue weighted by atomic mass is 9.73. The smallest absolute Gasteiger partial charge is 0.222 e. The molecule has 0 bridgehead atoms. The Morgan fingerprint density at radius 2 is 2.03 bits per heavy atom. The van der Waals surface area contributed by atoms with Crippen LogP contribution in [0.3, 0.4) is 0 Å². The van der Waals surface area contributed by atoms with Gasteiger partial charge in [-0.2, -0.15) is 4.52 Å². The first-order chi connectivity index (χ1) is 16.2. The van der Waals surface area contributed by atoms with Crippen LogP contribution in [0.1, 0.15) is 25.7 Å². The molecular formula is C23H30N8O2. The fraction of sp³-hybridized carbons (Fsp3) is 0.565. The summed E-state index contributed by atoms with van der Waals surface area (Å²) in [6, 6.07) is 3.75. The van der Waals surface area contributed by atoms with Crippen molar-refractivity contribution in [2.45, 2.75) is 25.7 Å². The fourth-order valence-electron chi connectivity index (χ4n) is 5.44. The summed E-state index contributed by atoms with van der Waals surface area (Å²) in [7, 11) is 3.71. The van der Waals surface area contributed by atoms with Crippen LogP contribution in [-0.4, -0.2) is 78.3 Å². The van der Waals surface area contributed by atoms with Crippen molar-refractivity contribution in [1.29, 1.82) is 0 Å². The second kappa shape index (κ2) is 8.02. The normalized spacial score (nSPS) is 20.1. The van der Waals surface area contributed by atoms with E-state index in [4.69, 9.17) is 14.6 Å². The molecule has 2 fully saturated rings. The number of ether oxygens (including phenoxy) is 2. The van der Waals surface area contributed by atoms with Crippen molar-refractivity contribution in [1.82, 2.24) is 30.1 Å². The van der Waals surface area contributed by atoms with Gasteiger partial charge in [0.05, 0.1) is 13.7 Å². The number of hydrogen-bond acceptors (Lipinski definition) is 9. The number of hydrogen-bond donors (Lipinski definition) is 1. The van der Waals surface area contributed by atoms with Gasteiger partial charge in [-0.15, -0.1) is 15.3 Å². The van der Waals surface area contributed by atoms with Crippen molar-refractivity contribution in [2.75, 3.05) is 63.3 Å². The van der Waals surface area contributed by atoms with Crippen LogP contribution >= 0.6 is 0 Å². The minimum absolute atomic E-state index is 0.427. The fourth-order valence-corrected chi connectivity index (χ4v) is 5.44. The van der Waals surface area contributed by atoms with E-state index in [1.807, 2.05) is 16.6 Å². The Hall–Kier alpha value is -3.14. The Morgan fingerprint density at radius 1 is 1.15 bits per heavy atom. The highest BCUT2D eigenvalue weighted by Gasteiger charge is 2.38. The number of anilines is 2. The van der Waals surface area contributed by atoms with E-state index in [0.717, 1.165) is 55.5 Å². The molecular weight excluding hydrogens is 420 g/mol. The number of rotatable bonds is 3. The zero-order valence-electron chi connectivity index (χ0n) is 19.3. The van der Waals surface area contributed by atoms with Crippen LogP contribution < -0.4 is 24.6 Å². The third kappa shape index (κ3) is 3.43. The van der Waals surface area contributed by atoms with E-state index in [9.17, 15) is 0 Å². The van der Waals surface area contributed by atoms with Gasteiger partial charge in [0.1, 0.15) is 12.3 Å². The molecule has 1 N–H and O–H groups in total. The Morgan fingerprint density at radius 3 is 2.82 bits per heavy atom. The van der Waals surface area contributed by atoms with Crippen LogP contribution in [0.15, 0.2) is 18.3 Å². The summed E-state index contributed by atoms with van der Waals surface area (Å²) in [4.78, 5) is 8.87. The van der Waals surface area contributed by atoms with Crippen molar-refractivity contribution in [3.05, 3.63) is 18.3 Å². The lowest BCUT2D eigenvalue weighted by Crippen LogP contribution is -2.48. The van der Waals surface area contributed by atoms with E-state index < -0.39 is 0 Å². The number of nitrogens with one attached hydrogen (secondary N) is 1. The van der Waals surface area contributed by atoms with Crippen molar-refractivity contribution in [2.24, 2.45) is 5.41 Å². The van der Waals surface area contributed by atoms with Gasteiger partial charge in [0.25, 0.3) is 0 Å². The number of methoxy groups -OCH3 is 1. The van der Waals surface area contributed by atoms with E-state index in [2.05, 4.69) is 37.3 Å². The lowest BCUT2D eigenvalue weighted by molar-refractivity contribution is 0.161. The van der Waals surface area contributed by atoms with Gasteiger partial charge in [-0.3, -0.25) is 0 Å². The third-order valence-electron chi connectivity index (χ3n) is 7.41. The van der Waals surface area contributed by atoms with E-state index in [0.29, 0.717) is 29.4 Å². The summed E-state index contributed by atoms with van der Waals surface area (Å²) >= 11 is 0. The summed E-state index contributed by atoms with van der Waals surface area (Å²) in [5, 5.41) is 17.7. The van der Waals surface area contributed by atoms with Crippen LogP contribution in [0.25, 0.3) is 17.0 Å². The first kappa shape index (κ1) is 20.5. The molecule has 174 valence electrons. The molecule has 0 aliphatic carbocycles. The highest BCUT2D eigenvalue weighted by molar-refractivity contribution is 5.82. The molecule has 3 aliphatic heterocycles. The number of likely N-dealkylation sites (N-methyl/N-ethyl adjacent to an activating group) is 1. The van der Waals surface area contributed by atoms with E-state index in [1.165, 1.54) is 25.7 Å². The first-order valence-corrected chi connectivity index (χ1v) is 11.8. The van der Waals surface area contributed by atoms with Crippen molar-refractivity contribution < 1.29 is 9.47 Å². The molecule has 0 amide bonds. The van der Waals surface area contributed by atoms with E-state index >= 15 is 0 Å². The molecule has 10 heteroatoms. The summed E-state index contributed by atoms with van der Waals surface area (Å²) in [5.74, 6) is 2.88. The molecule has 0 saturated carbocycles. The van der Waals surface area contributed by atoms with Crippen molar-refractivity contribution in [3.63, 3.8) is 0 Å². The first-order valence-electron chi connectivity index (χ1n) is 11.8. The van der Waals surface area contributed by atoms with Crippen LogP contribution in [0.2, 0.25) is 0 Å². The Labute approximate surface area is 192 Å². The maximum atomic E-state index is 6.16. The van der Waals surface area contributed by atoms with E-state index in [-0.39, 0.29) is 0 Å². The average Bonchev–Trinajstić information content (AvgIpc) is 3.29. The van der Waals surface area contributed by atoms with Crippen molar-refractivity contribution >= 4 is 17.2 Å². The third-order valence-corrected chi connectivity index (χ3v) is 7.41. The molecule has 3 aromatic heterocycles. The quantitative estimate of drug-likeness (QED) is 0.643.